The number of ketones is 1. The van der Waals surface area contributed by atoms with E-state index in [1.54, 1.807) is 24.4 Å². The largest absolute Gasteiger partial charge is 0.377 e. The number of aromatic nitrogens is 2. The number of fused-ring (bicyclic) bond motifs is 1. The van der Waals surface area contributed by atoms with Gasteiger partial charge >= 0.3 is 0 Å². The molecule has 0 bridgehead atoms. The molecule has 0 aliphatic heterocycles. The topological polar surface area (TPSA) is 93.2 Å². The van der Waals surface area contributed by atoms with Crippen molar-refractivity contribution in [1.82, 2.24) is 15.3 Å². The van der Waals surface area contributed by atoms with E-state index in [1.807, 2.05) is 18.2 Å². The smallest absolute Gasteiger partial charge is 0.295 e. The molecule has 0 saturated heterocycles. The molecule has 1 fully saturated rings. The van der Waals surface area contributed by atoms with Gasteiger partial charge in [-0.05, 0) is 61.1 Å². The molecule has 2 aromatic carbocycles. The first-order valence-corrected chi connectivity index (χ1v) is 11.0. The number of hydrogen-bond donors (Lipinski definition) is 2. The van der Waals surface area contributed by atoms with Crippen LogP contribution in [0.1, 0.15) is 29.6 Å². The van der Waals surface area contributed by atoms with E-state index in [-0.39, 0.29) is 24.5 Å². The Balaban J connectivity index is 1.56. The molecule has 8 heteroatoms. The van der Waals surface area contributed by atoms with Crippen LogP contribution in [0, 0.1) is 12.3 Å². The minimum absolute atomic E-state index is 0.0106. The number of terminal acetylenes is 1. The SMILES string of the molecule is C#CC(=O)N[C@H]1CCC[C@H]1Nc1ncc2cc(-c3cc(C(=O)COC)ccc3Cl)ccc2n1. The summed E-state index contributed by atoms with van der Waals surface area (Å²) >= 11 is 6.42. The van der Waals surface area contributed by atoms with Gasteiger partial charge in [0.15, 0.2) is 5.78 Å². The highest BCUT2D eigenvalue weighted by molar-refractivity contribution is 6.33. The van der Waals surface area contributed by atoms with Gasteiger partial charge in [-0.25, -0.2) is 9.97 Å². The normalized spacial score (nSPS) is 17.5. The predicted molar refractivity (Wildman–Crippen MR) is 128 cm³/mol. The molecule has 0 spiro atoms. The second-order valence-corrected chi connectivity index (χ2v) is 8.33. The fourth-order valence-corrected chi connectivity index (χ4v) is 4.31. The summed E-state index contributed by atoms with van der Waals surface area (Å²) in [5.74, 6) is 2.07. The first-order chi connectivity index (χ1) is 16.0. The lowest BCUT2D eigenvalue weighted by molar-refractivity contribution is -0.116. The van der Waals surface area contributed by atoms with Gasteiger partial charge in [0.2, 0.25) is 5.95 Å². The number of nitrogens with one attached hydrogen (secondary N) is 2. The average Bonchev–Trinajstić information content (AvgIpc) is 3.25. The monoisotopic (exact) mass is 462 g/mol. The highest BCUT2D eigenvalue weighted by Crippen LogP contribution is 2.31. The Morgan fingerprint density at radius 1 is 1.21 bits per heavy atom. The highest BCUT2D eigenvalue weighted by Gasteiger charge is 2.28. The maximum Gasteiger partial charge on any atom is 0.295 e. The van der Waals surface area contributed by atoms with Gasteiger partial charge in [-0.15, -0.1) is 6.42 Å². The zero-order chi connectivity index (χ0) is 23.4. The van der Waals surface area contributed by atoms with Crippen LogP contribution in [0.3, 0.4) is 0 Å². The molecule has 0 radical (unpaired) electrons. The van der Waals surface area contributed by atoms with Crippen molar-refractivity contribution in [1.29, 1.82) is 0 Å². The molecule has 1 amide bonds. The fraction of sp³-hybridized carbons (Fsp3) is 0.280. The Bertz CT molecular complexity index is 1250. The number of methoxy groups -OCH3 is 1. The number of carbonyl (C=O) groups excluding carboxylic acids is 2. The van der Waals surface area contributed by atoms with Crippen molar-refractivity contribution in [2.75, 3.05) is 19.0 Å². The fourth-order valence-electron chi connectivity index (χ4n) is 4.09. The van der Waals surface area contributed by atoms with E-state index < -0.39 is 5.91 Å². The number of ether oxygens (including phenoxy) is 1. The first-order valence-electron chi connectivity index (χ1n) is 10.6. The van der Waals surface area contributed by atoms with Crippen LogP contribution in [0.5, 0.6) is 0 Å². The lowest BCUT2D eigenvalue weighted by Crippen LogP contribution is -2.43. The van der Waals surface area contributed by atoms with Crippen LogP contribution in [-0.4, -0.2) is 47.5 Å². The lowest BCUT2D eigenvalue weighted by atomic mass is 10.00. The molecule has 0 unspecified atom stereocenters. The number of benzene rings is 2. The molecule has 2 N–H and O–H groups in total. The Labute approximate surface area is 196 Å². The summed E-state index contributed by atoms with van der Waals surface area (Å²) in [7, 11) is 1.49. The van der Waals surface area contributed by atoms with E-state index in [9.17, 15) is 9.59 Å². The van der Waals surface area contributed by atoms with Crippen molar-refractivity contribution < 1.29 is 14.3 Å². The molecule has 33 heavy (non-hydrogen) atoms. The molecule has 4 rings (SSSR count). The summed E-state index contributed by atoms with van der Waals surface area (Å²) < 4.78 is 4.95. The van der Waals surface area contributed by atoms with Gasteiger partial charge in [0.05, 0.1) is 5.52 Å². The standard InChI is InChI=1S/C25H23ClN4O3/c1-3-24(32)28-21-5-4-6-22(21)30-25-27-13-17-11-15(8-10-20(17)29-25)18-12-16(7-9-19(18)26)23(31)14-33-2/h1,7-13,21-22H,4-6,14H2,2H3,(H,28,32)(H,27,29,30)/t21-,22+/m0/s1. The van der Waals surface area contributed by atoms with E-state index in [1.165, 1.54) is 7.11 Å². The quantitative estimate of drug-likeness (QED) is 0.409. The first kappa shape index (κ1) is 22.7. The Kier molecular flexibility index (Phi) is 6.87. The maximum absolute atomic E-state index is 12.2. The minimum Gasteiger partial charge on any atom is -0.377 e. The molecule has 1 saturated carbocycles. The van der Waals surface area contributed by atoms with E-state index in [0.29, 0.717) is 16.5 Å². The number of rotatable bonds is 7. The van der Waals surface area contributed by atoms with Gasteiger partial charge in [0.1, 0.15) is 6.61 Å². The summed E-state index contributed by atoms with van der Waals surface area (Å²) in [5, 5.41) is 7.56. The van der Waals surface area contributed by atoms with Crippen molar-refractivity contribution >= 4 is 40.1 Å². The molecule has 7 nitrogen and oxygen atoms in total. The van der Waals surface area contributed by atoms with Crippen LogP contribution < -0.4 is 10.6 Å². The Morgan fingerprint density at radius 2 is 2.03 bits per heavy atom. The van der Waals surface area contributed by atoms with Crippen molar-refractivity contribution in [3.63, 3.8) is 0 Å². The molecule has 1 aliphatic rings. The summed E-state index contributed by atoms with van der Waals surface area (Å²) in [6.07, 6.45) is 9.65. The summed E-state index contributed by atoms with van der Waals surface area (Å²) in [5.41, 5.74) is 2.91. The van der Waals surface area contributed by atoms with Crippen molar-refractivity contribution in [3.05, 3.63) is 53.2 Å². The van der Waals surface area contributed by atoms with E-state index in [0.717, 1.165) is 41.3 Å². The maximum atomic E-state index is 12.2. The van der Waals surface area contributed by atoms with Crippen molar-refractivity contribution in [2.45, 2.75) is 31.3 Å². The van der Waals surface area contributed by atoms with Gasteiger partial charge in [-0.2, -0.15) is 0 Å². The molecule has 1 heterocycles. The van der Waals surface area contributed by atoms with Crippen LogP contribution in [0.15, 0.2) is 42.6 Å². The molecule has 3 aromatic rings. The van der Waals surface area contributed by atoms with Gasteiger partial charge < -0.3 is 15.4 Å². The summed E-state index contributed by atoms with van der Waals surface area (Å²) in [6, 6.07) is 10.9. The third-order valence-corrected chi connectivity index (χ3v) is 6.06. The van der Waals surface area contributed by atoms with Crippen LogP contribution in [-0.2, 0) is 9.53 Å². The van der Waals surface area contributed by atoms with Crippen molar-refractivity contribution in [3.8, 4) is 23.5 Å². The van der Waals surface area contributed by atoms with Crippen LogP contribution in [0.2, 0.25) is 5.02 Å². The Morgan fingerprint density at radius 3 is 2.82 bits per heavy atom. The minimum atomic E-state index is -0.410. The zero-order valence-electron chi connectivity index (χ0n) is 18.1. The third kappa shape index (κ3) is 5.14. The van der Waals surface area contributed by atoms with E-state index in [4.69, 9.17) is 22.8 Å². The predicted octanol–water partition coefficient (Wildman–Crippen LogP) is 3.86. The van der Waals surface area contributed by atoms with Gasteiger partial charge in [-0.1, -0.05) is 17.7 Å². The molecule has 168 valence electrons. The number of anilines is 1. The number of amides is 1. The zero-order valence-corrected chi connectivity index (χ0v) is 18.9. The van der Waals surface area contributed by atoms with Gasteiger partial charge in [-0.3, -0.25) is 9.59 Å². The summed E-state index contributed by atoms with van der Waals surface area (Å²) in [4.78, 5) is 32.8. The van der Waals surface area contributed by atoms with Gasteiger partial charge in [0.25, 0.3) is 5.91 Å². The van der Waals surface area contributed by atoms with Crippen LogP contribution in [0.25, 0.3) is 22.0 Å². The Hall–Kier alpha value is -3.47. The molecule has 1 aromatic heterocycles. The number of Topliss-reactive ketones (excluding diaryl/α,β-unsaturated/α-hetero) is 1. The molecule has 2 atom stereocenters. The average molecular weight is 463 g/mol. The number of hydrogen-bond acceptors (Lipinski definition) is 6. The molecular weight excluding hydrogens is 440 g/mol. The second-order valence-electron chi connectivity index (χ2n) is 7.92. The third-order valence-electron chi connectivity index (χ3n) is 5.73. The molecular formula is C25H23ClN4O3. The molecule has 1 aliphatic carbocycles. The van der Waals surface area contributed by atoms with Gasteiger partial charge in [0, 0.05) is 46.9 Å². The second kappa shape index (κ2) is 9.99. The number of halogens is 1. The van der Waals surface area contributed by atoms with E-state index in [2.05, 4.69) is 26.5 Å². The number of nitrogens with zero attached hydrogens (tertiary/aromatic N) is 2. The summed E-state index contributed by atoms with van der Waals surface area (Å²) in [6.45, 7) is 0.0106. The number of carbonyl (C=O) groups is 2. The van der Waals surface area contributed by atoms with Crippen LogP contribution in [0.4, 0.5) is 5.95 Å². The van der Waals surface area contributed by atoms with E-state index >= 15 is 0 Å². The van der Waals surface area contributed by atoms with Crippen LogP contribution >= 0.6 is 11.6 Å². The highest BCUT2D eigenvalue weighted by atomic mass is 35.5. The lowest BCUT2D eigenvalue weighted by Gasteiger charge is -2.21. The van der Waals surface area contributed by atoms with Crippen molar-refractivity contribution in [2.24, 2.45) is 0 Å².